The van der Waals surface area contributed by atoms with Gasteiger partial charge in [0.05, 0.1) is 6.54 Å². The standard InChI is InChI=1S/C20H23Cl2N5O2/c1-3-25(4-2)16-7-5-14(6-8-16)12-26-9-10-27(19(29)18(26)28)13-15-11-23-20(22)24-17(15)21/h5-8,11H,3-4,9-10,12-13H2,1-2H3. The van der Waals surface area contributed by atoms with Gasteiger partial charge in [-0.25, -0.2) is 9.97 Å². The number of benzene rings is 1. The Kier molecular flexibility index (Phi) is 6.92. The van der Waals surface area contributed by atoms with Crippen molar-refractivity contribution in [3.05, 3.63) is 52.0 Å². The number of anilines is 1. The summed E-state index contributed by atoms with van der Waals surface area (Å²) >= 11 is 11.8. The molecule has 154 valence electrons. The molecule has 1 aliphatic rings. The third-order valence-electron chi connectivity index (χ3n) is 4.98. The van der Waals surface area contributed by atoms with Crippen molar-refractivity contribution in [2.45, 2.75) is 26.9 Å². The van der Waals surface area contributed by atoms with Crippen LogP contribution < -0.4 is 4.90 Å². The van der Waals surface area contributed by atoms with Crippen LogP contribution in [-0.4, -0.2) is 57.8 Å². The number of aromatic nitrogens is 2. The van der Waals surface area contributed by atoms with Gasteiger partial charge in [0, 0.05) is 50.2 Å². The highest BCUT2D eigenvalue weighted by Gasteiger charge is 2.32. The van der Waals surface area contributed by atoms with Crippen LogP contribution in [0.2, 0.25) is 10.4 Å². The summed E-state index contributed by atoms with van der Waals surface area (Å²) in [5.41, 5.74) is 2.69. The Labute approximate surface area is 180 Å². The summed E-state index contributed by atoms with van der Waals surface area (Å²) in [7, 11) is 0. The zero-order chi connectivity index (χ0) is 21.0. The van der Waals surface area contributed by atoms with Crippen LogP contribution >= 0.6 is 23.2 Å². The molecule has 7 nitrogen and oxygen atoms in total. The van der Waals surface area contributed by atoms with Crippen LogP contribution in [0.15, 0.2) is 30.5 Å². The van der Waals surface area contributed by atoms with Crippen molar-refractivity contribution >= 4 is 40.7 Å². The molecule has 0 radical (unpaired) electrons. The lowest BCUT2D eigenvalue weighted by Gasteiger charge is -2.34. The van der Waals surface area contributed by atoms with E-state index < -0.39 is 11.8 Å². The molecule has 0 saturated carbocycles. The molecule has 0 atom stereocenters. The van der Waals surface area contributed by atoms with Gasteiger partial charge in [-0.15, -0.1) is 0 Å². The van der Waals surface area contributed by atoms with E-state index in [1.807, 2.05) is 24.3 Å². The predicted molar refractivity (Wildman–Crippen MR) is 113 cm³/mol. The molecule has 9 heteroatoms. The lowest BCUT2D eigenvalue weighted by Crippen LogP contribution is -2.53. The number of carbonyl (C=O) groups excluding carboxylic acids is 2. The lowest BCUT2D eigenvalue weighted by molar-refractivity contribution is -0.156. The summed E-state index contributed by atoms with van der Waals surface area (Å²) < 4.78 is 0. The van der Waals surface area contributed by atoms with Crippen molar-refractivity contribution in [3.8, 4) is 0 Å². The number of hydrogen-bond donors (Lipinski definition) is 0. The minimum atomic E-state index is -0.554. The monoisotopic (exact) mass is 435 g/mol. The maximum atomic E-state index is 12.6. The van der Waals surface area contributed by atoms with E-state index in [-0.39, 0.29) is 17.0 Å². The summed E-state index contributed by atoms with van der Waals surface area (Å²) in [4.78, 5) is 38.2. The normalized spacial score (nSPS) is 14.5. The second kappa shape index (κ2) is 9.41. The number of hydrogen-bond acceptors (Lipinski definition) is 5. The first-order valence-electron chi connectivity index (χ1n) is 9.51. The quantitative estimate of drug-likeness (QED) is 0.379. The van der Waals surface area contributed by atoms with Gasteiger partial charge in [0.2, 0.25) is 5.28 Å². The SMILES string of the molecule is CCN(CC)c1ccc(CN2CCN(Cc3cnc(Cl)nc3Cl)C(=O)C2=O)cc1. The van der Waals surface area contributed by atoms with E-state index in [0.717, 1.165) is 24.3 Å². The highest BCUT2D eigenvalue weighted by molar-refractivity contribution is 6.35. The Morgan fingerprint density at radius 3 is 2.10 bits per heavy atom. The largest absolute Gasteiger partial charge is 0.372 e. The Bertz CT molecular complexity index is 887. The molecule has 3 rings (SSSR count). The van der Waals surface area contributed by atoms with Crippen molar-refractivity contribution in [2.75, 3.05) is 31.1 Å². The molecule has 2 amide bonds. The second-order valence-electron chi connectivity index (χ2n) is 6.75. The van der Waals surface area contributed by atoms with Crippen molar-refractivity contribution in [1.82, 2.24) is 19.8 Å². The third-order valence-corrected chi connectivity index (χ3v) is 5.49. The molecular formula is C20H23Cl2N5O2. The van der Waals surface area contributed by atoms with Crippen molar-refractivity contribution in [1.29, 1.82) is 0 Å². The Morgan fingerprint density at radius 1 is 0.966 bits per heavy atom. The van der Waals surface area contributed by atoms with E-state index in [0.29, 0.717) is 25.2 Å². The van der Waals surface area contributed by atoms with Crippen LogP contribution in [0.25, 0.3) is 0 Å². The maximum absolute atomic E-state index is 12.6. The first kappa shape index (κ1) is 21.3. The van der Waals surface area contributed by atoms with Crippen LogP contribution in [0, 0.1) is 0 Å². The molecule has 0 bridgehead atoms. The zero-order valence-corrected chi connectivity index (χ0v) is 17.9. The number of piperazine rings is 1. The number of nitrogens with zero attached hydrogens (tertiary/aromatic N) is 5. The van der Waals surface area contributed by atoms with Gasteiger partial charge in [-0.1, -0.05) is 23.7 Å². The topological polar surface area (TPSA) is 69.6 Å². The molecule has 2 aromatic rings. The lowest BCUT2D eigenvalue weighted by atomic mass is 10.1. The molecule has 29 heavy (non-hydrogen) atoms. The number of halogens is 2. The van der Waals surface area contributed by atoms with Gasteiger partial charge in [0.1, 0.15) is 5.15 Å². The summed E-state index contributed by atoms with van der Waals surface area (Å²) in [6, 6.07) is 8.10. The fourth-order valence-electron chi connectivity index (χ4n) is 3.32. The molecule has 2 heterocycles. The number of rotatable bonds is 7. The van der Waals surface area contributed by atoms with E-state index in [1.165, 1.54) is 11.1 Å². The molecule has 0 unspecified atom stereocenters. The third kappa shape index (κ3) is 4.97. The van der Waals surface area contributed by atoms with Gasteiger partial charge in [-0.05, 0) is 43.1 Å². The van der Waals surface area contributed by atoms with Crippen molar-refractivity contribution < 1.29 is 9.59 Å². The Morgan fingerprint density at radius 2 is 1.55 bits per heavy atom. The van der Waals surface area contributed by atoms with Gasteiger partial charge in [0.25, 0.3) is 0 Å². The zero-order valence-electron chi connectivity index (χ0n) is 16.4. The van der Waals surface area contributed by atoms with E-state index in [4.69, 9.17) is 23.2 Å². The summed E-state index contributed by atoms with van der Waals surface area (Å²) in [6.45, 7) is 7.56. The number of carbonyl (C=O) groups is 2. The van der Waals surface area contributed by atoms with Gasteiger partial charge in [-0.3, -0.25) is 9.59 Å². The molecule has 1 aliphatic heterocycles. The summed E-state index contributed by atoms with van der Waals surface area (Å²) in [6.07, 6.45) is 1.47. The molecule has 1 aromatic heterocycles. The number of amides is 2. The Hall–Kier alpha value is -2.38. The van der Waals surface area contributed by atoms with E-state index >= 15 is 0 Å². The van der Waals surface area contributed by atoms with E-state index in [1.54, 1.807) is 4.90 Å². The van der Waals surface area contributed by atoms with Crippen LogP contribution in [0.3, 0.4) is 0 Å². The molecule has 1 saturated heterocycles. The Balaban J connectivity index is 1.63. The first-order valence-corrected chi connectivity index (χ1v) is 10.3. The van der Waals surface area contributed by atoms with Crippen molar-refractivity contribution in [3.63, 3.8) is 0 Å². The predicted octanol–water partition coefficient (Wildman–Crippen LogP) is 3.00. The van der Waals surface area contributed by atoms with Gasteiger partial charge < -0.3 is 14.7 Å². The minimum Gasteiger partial charge on any atom is -0.372 e. The molecular weight excluding hydrogens is 413 g/mol. The second-order valence-corrected chi connectivity index (χ2v) is 7.44. The van der Waals surface area contributed by atoms with E-state index in [9.17, 15) is 9.59 Å². The van der Waals surface area contributed by atoms with Crippen LogP contribution in [0.5, 0.6) is 0 Å². The maximum Gasteiger partial charge on any atom is 0.312 e. The molecule has 0 N–H and O–H groups in total. The van der Waals surface area contributed by atoms with Crippen LogP contribution in [-0.2, 0) is 22.7 Å². The van der Waals surface area contributed by atoms with Crippen LogP contribution in [0.4, 0.5) is 5.69 Å². The molecule has 0 spiro atoms. The molecule has 1 fully saturated rings. The average Bonchev–Trinajstić information content (AvgIpc) is 2.71. The fraction of sp³-hybridized carbons (Fsp3) is 0.400. The van der Waals surface area contributed by atoms with Crippen LogP contribution in [0.1, 0.15) is 25.0 Å². The summed E-state index contributed by atoms with van der Waals surface area (Å²) in [5, 5.41) is 0.221. The van der Waals surface area contributed by atoms with E-state index in [2.05, 4.69) is 28.7 Å². The smallest absolute Gasteiger partial charge is 0.312 e. The molecule has 0 aliphatic carbocycles. The minimum absolute atomic E-state index is 0.0398. The van der Waals surface area contributed by atoms with Crippen molar-refractivity contribution in [2.24, 2.45) is 0 Å². The highest BCUT2D eigenvalue weighted by atomic mass is 35.5. The average molecular weight is 436 g/mol. The van der Waals surface area contributed by atoms with Gasteiger partial charge in [-0.2, -0.15) is 0 Å². The fourth-order valence-corrected chi connectivity index (χ4v) is 3.68. The highest BCUT2D eigenvalue weighted by Crippen LogP contribution is 2.20. The van der Waals surface area contributed by atoms with Gasteiger partial charge >= 0.3 is 11.8 Å². The summed E-state index contributed by atoms with van der Waals surface area (Å²) in [5.74, 6) is -1.07. The first-order chi connectivity index (χ1) is 13.9. The molecule has 1 aromatic carbocycles. The van der Waals surface area contributed by atoms with Gasteiger partial charge in [0.15, 0.2) is 0 Å².